The number of fused-ring (bicyclic) bond motifs is 1. The number of aryl methyl sites for hydroxylation is 2. The van der Waals surface area contributed by atoms with Crippen molar-refractivity contribution in [2.24, 2.45) is 0 Å². The van der Waals surface area contributed by atoms with Gasteiger partial charge in [0.1, 0.15) is 11.5 Å². The van der Waals surface area contributed by atoms with Gasteiger partial charge in [-0.05, 0) is 82.6 Å². The van der Waals surface area contributed by atoms with E-state index in [9.17, 15) is 4.79 Å². The van der Waals surface area contributed by atoms with Crippen molar-refractivity contribution in [1.29, 1.82) is 0 Å². The fraction of sp³-hybridized carbons (Fsp3) is 0.381. The maximum Gasteiger partial charge on any atom is 0.303 e. The Morgan fingerprint density at radius 1 is 1.19 bits per heavy atom. The lowest BCUT2D eigenvalue weighted by molar-refractivity contribution is -0.137. The Kier molecular flexibility index (Phi) is 6.20. The van der Waals surface area contributed by atoms with E-state index < -0.39 is 5.97 Å². The first-order valence-electron chi connectivity index (χ1n) is 8.89. The van der Waals surface area contributed by atoms with Crippen molar-refractivity contribution in [3.05, 3.63) is 57.6 Å². The third kappa shape index (κ3) is 4.79. The number of halogens is 1. The largest absolute Gasteiger partial charge is 0.493 e. The second-order valence-corrected chi connectivity index (χ2v) is 7.53. The molecule has 26 heavy (non-hydrogen) atoms. The van der Waals surface area contributed by atoms with Crippen molar-refractivity contribution in [2.75, 3.05) is 13.2 Å². The molecule has 4 nitrogen and oxygen atoms in total. The zero-order valence-corrected chi connectivity index (χ0v) is 16.4. The minimum Gasteiger partial charge on any atom is -0.493 e. The van der Waals surface area contributed by atoms with Crippen molar-refractivity contribution < 1.29 is 19.4 Å². The number of carboxylic acid groups (broad SMARTS) is 1. The Morgan fingerprint density at radius 2 is 2.00 bits per heavy atom. The van der Waals surface area contributed by atoms with Gasteiger partial charge in [0.05, 0.1) is 24.1 Å². The van der Waals surface area contributed by atoms with Gasteiger partial charge in [0.2, 0.25) is 0 Å². The first-order valence-corrected chi connectivity index (χ1v) is 9.68. The fourth-order valence-corrected chi connectivity index (χ4v) is 3.96. The summed E-state index contributed by atoms with van der Waals surface area (Å²) in [7, 11) is 0. The third-order valence-electron chi connectivity index (χ3n) is 4.64. The summed E-state index contributed by atoms with van der Waals surface area (Å²) in [4.78, 5) is 10.9. The van der Waals surface area contributed by atoms with Gasteiger partial charge in [0.15, 0.2) is 0 Å². The molecule has 1 aliphatic rings. The molecule has 5 heteroatoms. The van der Waals surface area contributed by atoms with E-state index >= 15 is 0 Å². The second kappa shape index (κ2) is 8.58. The minimum atomic E-state index is -0.733. The molecule has 138 valence electrons. The molecule has 0 bridgehead atoms. The summed E-state index contributed by atoms with van der Waals surface area (Å²) in [5.41, 5.74) is 3.57. The van der Waals surface area contributed by atoms with E-state index in [0.29, 0.717) is 13.2 Å². The van der Waals surface area contributed by atoms with Crippen LogP contribution in [0.25, 0.3) is 0 Å². The molecule has 2 aromatic rings. The highest BCUT2D eigenvalue weighted by Crippen LogP contribution is 2.37. The topological polar surface area (TPSA) is 55.8 Å². The minimum absolute atomic E-state index is 0.137. The molecule has 2 aromatic carbocycles. The van der Waals surface area contributed by atoms with E-state index in [1.54, 1.807) is 0 Å². The molecule has 0 aliphatic heterocycles. The van der Waals surface area contributed by atoms with E-state index in [0.717, 1.165) is 40.8 Å². The number of ether oxygens (including phenoxy) is 2. The van der Waals surface area contributed by atoms with Crippen molar-refractivity contribution in [2.45, 2.75) is 38.5 Å². The average molecular weight is 419 g/mol. The van der Waals surface area contributed by atoms with E-state index in [1.165, 1.54) is 11.1 Å². The van der Waals surface area contributed by atoms with Crippen LogP contribution in [0.3, 0.4) is 0 Å². The van der Waals surface area contributed by atoms with Crippen molar-refractivity contribution in [3.63, 3.8) is 0 Å². The van der Waals surface area contributed by atoms with Crippen molar-refractivity contribution >= 4 is 21.9 Å². The van der Waals surface area contributed by atoms with Crippen LogP contribution >= 0.6 is 15.9 Å². The number of carboxylic acids is 1. The van der Waals surface area contributed by atoms with Gasteiger partial charge in [-0.3, -0.25) is 4.79 Å². The summed E-state index contributed by atoms with van der Waals surface area (Å²) in [6.45, 7) is 3.22. The molecule has 0 saturated carbocycles. The van der Waals surface area contributed by atoms with E-state index in [-0.39, 0.29) is 12.3 Å². The zero-order chi connectivity index (χ0) is 18.5. The van der Waals surface area contributed by atoms with Crippen LogP contribution in [0.4, 0.5) is 0 Å². The summed E-state index contributed by atoms with van der Waals surface area (Å²) in [5, 5.41) is 8.99. The van der Waals surface area contributed by atoms with Crippen LogP contribution in [0, 0.1) is 6.92 Å². The summed E-state index contributed by atoms with van der Waals surface area (Å²) in [6.07, 6.45) is 2.83. The number of rotatable bonds is 8. The van der Waals surface area contributed by atoms with Gasteiger partial charge in [-0.15, -0.1) is 0 Å². The van der Waals surface area contributed by atoms with Gasteiger partial charge in [-0.25, -0.2) is 0 Å². The quantitative estimate of drug-likeness (QED) is 0.605. The fourth-order valence-electron chi connectivity index (χ4n) is 3.35. The maximum atomic E-state index is 10.9. The van der Waals surface area contributed by atoms with Crippen LogP contribution in [0.15, 0.2) is 40.9 Å². The number of carbonyl (C=O) groups is 1. The predicted octanol–water partition coefficient (Wildman–Crippen LogP) is 5.11. The Hall–Kier alpha value is -2.01. The molecule has 0 heterocycles. The van der Waals surface area contributed by atoms with Crippen LogP contribution in [0.5, 0.6) is 11.5 Å². The van der Waals surface area contributed by atoms with Gasteiger partial charge >= 0.3 is 5.97 Å². The molecular weight excluding hydrogens is 396 g/mol. The van der Waals surface area contributed by atoms with Crippen molar-refractivity contribution in [3.8, 4) is 11.5 Å². The molecule has 0 fully saturated rings. The van der Waals surface area contributed by atoms with Gasteiger partial charge in [-0.1, -0.05) is 12.1 Å². The summed E-state index contributed by atoms with van der Waals surface area (Å²) in [5.74, 6) is 1.09. The molecule has 0 amide bonds. The predicted molar refractivity (Wildman–Crippen MR) is 104 cm³/mol. The summed E-state index contributed by atoms with van der Waals surface area (Å²) in [6, 6.07) is 12.0. The molecule has 1 aliphatic carbocycles. The van der Waals surface area contributed by atoms with Crippen LogP contribution in [0.1, 0.15) is 41.9 Å². The Balaban J connectivity index is 1.45. The molecule has 1 N–H and O–H groups in total. The maximum absolute atomic E-state index is 10.9. The van der Waals surface area contributed by atoms with E-state index in [2.05, 4.69) is 22.0 Å². The molecule has 0 spiro atoms. The highest BCUT2D eigenvalue weighted by molar-refractivity contribution is 9.10. The van der Waals surface area contributed by atoms with Crippen LogP contribution < -0.4 is 9.47 Å². The average Bonchev–Trinajstić information content (AvgIpc) is 2.98. The lowest BCUT2D eigenvalue weighted by Crippen LogP contribution is -2.06. The number of hydrogen-bond donors (Lipinski definition) is 1. The molecule has 0 aromatic heterocycles. The highest BCUT2D eigenvalue weighted by Gasteiger charge is 2.24. The first-order chi connectivity index (χ1) is 12.5. The first kappa shape index (κ1) is 18.8. The van der Waals surface area contributed by atoms with Gasteiger partial charge in [0, 0.05) is 6.42 Å². The second-order valence-electron chi connectivity index (χ2n) is 6.68. The Morgan fingerprint density at radius 3 is 2.77 bits per heavy atom. The molecule has 0 radical (unpaired) electrons. The SMILES string of the molecule is Cc1ccc(OCCCOc2ccc3c(c2)CC[C@H]3CC(=O)O)c(Br)c1. The Bertz CT molecular complexity index is 788. The zero-order valence-electron chi connectivity index (χ0n) is 14.8. The monoisotopic (exact) mass is 418 g/mol. The van der Waals surface area contributed by atoms with Gasteiger partial charge < -0.3 is 14.6 Å². The molecule has 0 saturated heterocycles. The molecular formula is C21H23BrO4. The normalized spacial score (nSPS) is 15.5. The molecule has 0 unspecified atom stereocenters. The standard InChI is InChI=1S/C21H23BrO4/c1-14-3-8-20(19(22)11-14)26-10-2-9-25-17-6-7-18-15(12-17)4-5-16(18)13-21(23)24/h3,6-8,11-12,16H,2,4-5,9-10,13H2,1H3,(H,23,24)/t16-/m0/s1. The molecule has 3 rings (SSSR count). The molecule has 1 atom stereocenters. The van der Waals surface area contributed by atoms with Crippen LogP contribution in [-0.2, 0) is 11.2 Å². The lowest BCUT2D eigenvalue weighted by Gasteiger charge is -2.12. The van der Waals surface area contributed by atoms with Gasteiger partial charge in [-0.2, -0.15) is 0 Å². The highest BCUT2D eigenvalue weighted by atomic mass is 79.9. The number of aliphatic carboxylic acids is 1. The summed E-state index contributed by atoms with van der Waals surface area (Å²) < 4.78 is 12.6. The third-order valence-corrected chi connectivity index (χ3v) is 5.26. The van der Waals surface area contributed by atoms with E-state index in [4.69, 9.17) is 14.6 Å². The number of benzene rings is 2. The summed E-state index contributed by atoms with van der Waals surface area (Å²) >= 11 is 3.51. The number of hydrogen-bond acceptors (Lipinski definition) is 3. The Labute approximate surface area is 162 Å². The smallest absolute Gasteiger partial charge is 0.303 e. The van der Waals surface area contributed by atoms with Crippen LogP contribution in [-0.4, -0.2) is 24.3 Å². The van der Waals surface area contributed by atoms with Crippen molar-refractivity contribution in [1.82, 2.24) is 0 Å². The van der Waals surface area contributed by atoms with Crippen LogP contribution in [0.2, 0.25) is 0 Å². The van der Waals surface area contributed by atoms with E-state index in [1.807, 2.05) is 37.3 Å². The van der Waals surface area contributed by atoms with Gasteiger partial charge in [0.25, 0.3) is 0 Å². The lowest BCUT2D eigenvalue weighted by atomic mass is 9.98.